The van der Waals surface area contributed by atoms with Crippen LogP contribution in [-0.2, 0) is 16.1 Å². The Hall–Kier alpha value is -4.66. The van der Waals surface area contributed by atoms with E-state index in [1.165, 1.54) is 11.0 Å². The summed E-state index contributed by atoms with van der Waals surface area (Å²) in [6.07, 6.45) is 0. The lowest BCUT2D eigenvalue weighted by Crippen LogP contribution is -2.29. The van der Waals surface area contributed by atoms with Gasteiger partial charge in [0.1, 0.15) is 24.7 Å². The molecule has 0 aliphatic carbocycles. The first-order chi connectivity index (χ1) is 18.4. The molecule has 2 aliphatic heterocycles. The van der Waals surface area contributed by atoms with Gasteiger partial charge in [-0.05, 0) is 60.5 Å². The third kappa shape index (κ3) is 4.58. The van der Waals surface area contributed by atoms with Crippen molar-refractivity contribution in [2.24, 2.45) is 0 Å². The quantitative estimate of drug-likeness (QED) is 0.272. The van der Waals surface area contributed by atoms with Gasteiger partial charge in [0.2, 0.25) is 0 Å². The molecule has 3 aromatic rings. The number of fused-ring (bicyclic) bond motifs is 1. The standard InChI is InChI=1S/C29H27NO8/c1-3-36-23-14-18(6-10-21(23)31)26-25(27(32)19-7-11-22-24(15-19)38-13-12-37-22)28(33)29(34)30(26)16-17-4-8-20(35-2)9-5-17/h4-11,14-15,26,31-32H,3,12-13,16H2,1-2H3/b27-25+. The summed E-state index contributed by atoms with van der Waals surface area (Å²) in [7, 11) is 1.56. The van der Waals surface area contributed by atoms with Gasteiger partial charge in [-0.15, -0.1) is 0 Å². The van der Waals surface area contributed by atoms with Crippen LogP contribution in [0, 0.1) is 0 Å². The molecule has 0 bridgehead atoms. The minimum Gasteiger partial charge on any atom is -0.507 e. The van der Waals surface area contributed by atoms with Crippen molar-refractivity contribution in [3.63, 3.8) is 0 Å². The largest absolute Gasteiger partial charge is 0.507 e. The van der Waals surface area contributed by atoms with E-state index in [4.69, 9.17) is 18.9 Å². The van der Waals surface area contributed by atoms with E-state index in [9.17, 15) is 19.8 Å². The maximum Gasteiger partial charge on any atom is 0.295 e. The molecule has 2 heterocycles. The molecule has 1 amide bonds. The minimum atomic E-state index is -0.940. The van der Waals surface area contributed by atoms with E-state index in [0.29, 0.717) is 48.2 Å². The number of phenols is 1. The average Bonchev–Trinajstić information content (AvgIpc) is 3.19. The number of aliphatic hydroxyl groups excluding tert-OH is 1. The highest BCUT2D eigenvalue weighted by atomic mass is 16.6. The van der Waals surface area contributed by atoms with Crippen LogP contribution < -0.4 is 18.9 Å². The molecule has 1 fully saturated rings. The van der Waals surface area contributed by atoms with Gasteiger partial charge in [0, 0.05) is 12.1 Å². The molecule has 2 aliphatic rings. The summed E-state index contributed by atoms with van der Waals surface area (Å²) in [5, 5.41) is 21.7. The fraction of sp³-hybridized carbons (Fsp3) is 0.241. The molecule has 1 unspecified atom stereocenters. The van der Waals surface area contributed by atoms with Gasteiger partial charge in [0.15, 0.2) is 23.0 Å². The van der Waals surface area contributed by atoms with Gasteiger partial charge in [0.25, 0.3) is 11.7 Å². The smallest absolute Gasteiger partial charge is 0.295 e. The highest BCUT2D eigenvalue weighted by Crippen LogP contribution is 2.43. The Morgan fingerprint density at radius 1 is 1.00 bits per heavy atom. The summed E-state index contributed by atoms with van der Waals surface area (Å²) < 4.78 is 22.0. The number of phenolic OH excluding ortho intramolecular Hbond substituents is 1. The number of nitrogens with zero attached hydrogens (tertiary/aromatic N) is 1. The van der Waals surface area contributed by atoms with Crippen LogP contribution >= 0.6 is 0 Å². The van der Waals surface area contributed by atoms with Crippen molar-refractivity contribution in [1.29, 1.82) is 0 Å². The molecule has 9 nitrogen and oxygen atoms in total. The molecular weight excluding hydrogens is 490 g/mol. The van der Waals surface area contributed by atoms with Crippen molar-refractivity contribution in [3.05, 3.63) is 82.9 Å². The van der Waals surface area contributed by atoms with E-state index in [1.807, 2.05) is 0 Å². The van der Waals surface area contributed by atoms with Gasteiger partial charge < -0.3 is 34.1 Å². The van der Waals surface area contributed by atoms with Crippen molar-refractivity contribution in [1.82, 2.24) is 4.90 Å². The van der Waals surface area contributed by atoms with Gasteiger partial charge in [-0.3, -0.25) is 9.59 Å². The number of hydrogen-bond acceptors (Lipinski definition) is 8. The fourth-order valence-corrected chi connectivity index (χ4v) is 4.64. The van der Waals surface area contributed by atoms with E-state index < -0.39 is 17.7 Å². The normalized spacial score (nSPS) is 17.9. The molecule has 9 heteroatoms. The molecule has 0 radical (unpaired) electrons. The Kier molecular flexibility index (Phi) is 6.83. The van der Waals surface area contributed by atoms with Gasteiger partial charge in [0.05, 0.1) is 25.3 Å². The summed E-state index contributed by atoms with van der Waals surface area (Å²) >= 11 is 0. The second-order valence-electron chi connectivity index (χ2n) is 8.79. The summed E-state index contributed by atoms with van der Waals surface area (Å²) in [6, 6.07) is 15.7. The van der Waals surface area contributed by atoms with Crippen molar-refractivity contribution in [3.8, 4) is 28.7 Å². The van der Waals surface area contributed by atoms with Crippen LogP contribution in [-0.4, -0.2) is 53.7 Å². The Morgan fingerprint density at radius 2 is 1.74 bits per heavy atom. The molecule has 1 saturated heterocycles. The summed E-state index contributed by atoms with van der Waals surface area (Å²) in [5.41, 5.74) is 1.50. The Morgan fingerprint density at radius 3 is 2.45 bits per heavy atom. The zero-order valence-electron chi connectivity index (χ0n) is 21.0. The molecule has 0 spiro atoms. The second kappa shape index (κ2) is 10.4. The number of carbonyl (C=O) groups is 2. The van der Waals surface area contributed by atoms with Crippen LogP contribution in [0.2, 0.25) is 0 Å². The molecule has 2 N–H and O–H groups in total. The SMILES string of the molecule is CCOc1cc(C2/C(=C(\O)c3ccc4c(c3)OCCO4)C(=O)C(=O)N2Cc2ccc(OC)cc2)ccc1O. The molecule has 196 valence electrons. The number of Topliss-reactive ketones (excluding diaryl/α,β-unsaturated/α-hetero) is 1. The first-order valence-corrected chi connectivity index (χ1v) is 12.2. The predicted octanol–water partition coefficient (Wildman–Crippen LogP) is 4.19. The van der Waals surface area contributed by atoms with Crippen LogP contribution in [0.5, 0.6) is 28.7 Å². The van der Waals surface area contributed by atoms with E-state index in [2.05, 4.69) is 0 Å². The average molecular weight is 518 g/mol. The maximum absolute atomic E-state index is 13.4. The highest BCUT2D eigenvalue weighted by Gasteiger charge is 2.46. The number of hydrogen-bond donors (Lipinski definition) is 2. The zero-order valence-corrected chi connectivity index (χ0v) is 21.0. The van der Waals surface area contributed by atoms with E-state index in [0.717, 1.165) is 5.56 Å². The number of ether oxygens (including phenoxy) is 4. The lowest BCUT2D eigenvalue weighted by atomic mass is 9.94. The van der Waals surface area contributed by atoms with Crippen molar-refractivity contribution < 1.29 is 38.7 Å². The summed E-state index contributed by atoms with van der Waals surface area (Å²) in [5.74, 6) is -0.150. The third-order valence-corrected chi connectivity index (χ3v) is 6.47. The third-order valence-electron chi connectivity index (χ3n) is 6.47. The monoisotopic (exact) mass is 517 g/mol. The van der Waals surface area contributed by atoms with Crippen LogP contribution in [0.25, 0.3) is 5.76 Å². The second-order valence-corrected chi connectivity index (χ2v) is 8.79. The number of benzene rings is 3. The Bertz CT molecular complexity index is 1410. The maximum atomic E-state index is 13.4. The minimum absolute atomic E-state index is 0.0745. The van der Waals surface area contributed by atoms with Crippen molar-refractivity contribution in [2.45, 2.75) is 19.5 Å². The van der Waals surface area contributed by atoms with Gasteiger partial charge >= 0.3 is 0 Å². The predicted molar refractivity (Wildman–Crippen MR) is 138 cm³/mol. The fourth-order valence-electron chi connectivity index (χ4n) is 4.64. The first-order valence-electron chi connectivity index (χ1n) is 12.2. The van der Waals surface area contributed by atoms with E-state index >= 15 is 0 Å². The number of likely N-dealkylation sites (tertiary alicyclic amines) is 1. The van der Waals surface area contributed by atoms with Gasteiger partial charge in [-0.25, -0.2) is 0 Å². The number of aromatic hydroxyl groups is 1. The van der Waals surface area contributed by atoms with Crippen molar-refractivity contribution >= 4 is 17.4 Å². The lowest BCUT2D eigenvalue weighted by molar-refractivity contribution is -0.140. The topological polar surface area (TPSA) is 115 Å². The first kappa shape index (κ1) is 25.0. The number of amides is 1. The highest BCUT2D eigenvalue weighted by molar-refractivity contribution is 6.46. The summed E-state index contributed by atoms with van der Waals surface area (Å²) in [4.78, 5) is 28.2. The Balaban J connectivity index is 1.63. The van der Waals surface area contributed by atoms with Crippen molar-refractivity contribution in [2.75, 3.05) is 26.9 Å². The molecule has 0 aromatic heterocycles. The van der Waals surface area contributed by atoms with Crippen LogP contribution in [0.15, 0.2) is 66.2 Å². The zero-order chi connectivity index (χ0) is 26.8. The van der Waals surface area contributed by atoms with Gasteiger partial charge in [-0.1, -0.05) is 18.2 Å². The number of methoxy groups -OCH3 is 1. The van der Waals surface area contributed by atoms with Gasteiger partial charge in [-0.2, -0.15) is 0 Å². The van der Waals surface area contributed by atoms with E-state index in [-0.39, 0.29) is 29.4 Å². The number of carbonyl (C=O) groups excluding carboxylic acids is 2. The lowest BCUT2D eigenvalue weighted by Gasteiger charge is -2.26. The number of rotatable bonds is 7. The summed E-state index contributed by atoms with van der Waals surface area (Å²) in [6.45, 7) is 2.96. The van der Waals surface area contributed by atoms with E-state index in [1.54, 1.807) is 68.6 Å². The molecular formula is C29H27NO8. The number of aliphatic hydroxyl groups is 1. The van der Waals surface area contributed by atoms with Crippen LogP contribution in [0.1, 0.15) is 29.7 Å². The molecule has 38 heavy (non-hydrogen) atoms. The molecule has 0 saturated carbocycles. The van der Waals surface area contributed by atoms with Crippen LogP contribution in [0.4, 0.5) is 0 Å². The Labute approximate surface area is 219 Å². The number of ketones is 1. The molecule has 3 aromatic carbocycles. The molecule has 1 atom stereocenters. The molecule has 5 rings (SSSR count). The van der Waals surface area contributed by atoms with Crippen LogP contribution in [0.3, 0.4) is 0 Å².